The zero-order chi connectivity index (χ0) is 15.5. The fourth-order valence-electron chi connectivity index (χ4n) is 3.03. The highest BCUT2D eigenvalue weighted by molar-refractivity contribution is 5.46. The summed E-state index contributed by atoms with van der Waals surface area (Å²) in [6.07, 6.45) is 5.41. The van der Waals surface area contributed by atoms with Crippen molar-refractivity contribution in [2.45, 2.75) is 38.3 Å². The molecule has 4 rings (SSSR count). The summed E-state index contributed by atoms with van der Waals surface area (Å²) in [6, 6.07) is 0. The molecule has 0 saturated carbocycles. The molecule has 0 aromatic carbocycles. The summed E-state index contributed by atoms with van der Waals surface area (Å²) < 4.78 is 10.9. The highest BCUT2D eigenvalue weighted by Gasteiger charge is 2.24. The van der Waals surface area contributed by atoms with Gasteiger partial charge in [0.2, 0.25) is 0 Å². The normalized spacial score (nSPS) is 21.0. The van der Waals surface area contributed by atoms with E-state index in [4.69, 9.17) is 9.26 Å². The van der Waals surface area contributed by atoms with Crippen molar-refractivity contribution in [3.63, 3.8) is 0 Å². The number of fused-ring (bicyclic) bond motifs is 1. The lowest BCUT2D eigenvalue weighted by Gasteiger charge is -2.10. The van der Waals surface area contributed by atoms with E-state index in [9.17, 15) is 0 Å². The van der Waals surface area contributed by atoms with Crippen molar-refractivity contribution in [3.05, 3.63) is 29.3 Å². The first kappa shape index (κ1) is 14.5. The topological polar surface area (TPSA) is 98.0 Å². The third kappa shape index (κ3) is 3.18. The summed E-state index contributed by atoms with van der Waals surface area (Å²) in [5, 5.41) is 10.7. The largest absolute Gasteiger partial charge is 0.368 e. The molecule has 0 aliphatic carbocycles. The minimum atomic E-state index is -0.0438. The van der Waals surface area contributed by atoms with Gasteiger partial charge in [0, 0.05) is 25.1 Å². The molecule has 0 amide bonds. The van der Waals surface area contributed by atoms with E-state index in [2.05, 4.69) is 30.7 Å². The first-order valence-corrected chi connectivity index (χ1v) is 8.11. The molecule has 2 N–H and O–H groups in total. The van der Waals surface area contributed by atoms with Crippen LogP contribution in [0, 0.1) is 0 Å². The molecule has 122 valence electrons. The molecule has 2 aromatic heterocycles. The second kappa shape index (κ2) is 6.59. The van der Waals surface area contributed by atoms with Gasteiger partial charge in [0.1, 0.15) is 18.2 Å². The Morgan fingerprint density at radius 1 is 1.26 bits per heavy atom. The second-order valence-electron chi connectivity index (χ2n) is 5.80. The van der Waals surface area contributed by atoms with Gasteiger partial charge in [-0.2, -0.15) is 4.98 Å². The molecule has 0 unspecified atom stereocenters. The maximum absolute atomic E-state index is 5.56. The molecule has 0 bridgehead atoms. The summed E-state index contributed by atoms with van der Waals surface area (Å²) in [5.74, 6) is 2.06. The van der Waals surface area contributed by atoms with Crippen LogP contribution in [0.25, 0.3) is 0 Å². The van der Waals surface area contributed by atoms with Gasteiger partial charge in [0.05, 0.1) is 12.2 Å². The van der Waals surface area contributed by atoms with E-state index in [1.54, 1.807) is 6.33 Å². The molecule has 2 aliphatic heterocycles. The van der Waals surface area contributed by atoms with E-state index in [0.717, 1.165) is 56.9 Å². The Labute approximate surface area is 134 Å². The van der Waals surface area contributed by atoms with Crippen molar-refractivity contribution in [1.29, 1.82) is 0 Å². The average molecular weight is 316 g/mol. The van der Waals surface area contributed by atoms with Crippen molar-refractivity contribution in [2.24, 2.45) is 0 Å². The van der Waals surface area contributed by atoms with Gasteiger partial charge in [0.15, 0.2) is 5.82 Å². The van der Waals surface area contributed by atoms with Gasteiger partial charge in [-0.05, 0) is 25.8 Å². The average Bonchev–Trinajstić information content (AvgIpc) is 3.20. The Kier molecular flexibility index (Phi) is 4.16. The quantitative estimate of drug-likeness (QED) is 0.862. The van der Waals surface area contributed by atoms with Crippen LogP contribution in [0.1, 0.15) is 41.9 Å². The fourth-order valence-corrected chi connectivity index (χ4v) is 3.03. The molecule has 2 aliphatic rings. The maximum Gasteiger partial charge on any atom is 0.255 e. The van der Waals surface area contributed by atoms with Crippen LogP contribution in [0.3, 0.4) is 0 Å². The van der Waals surface area contributed by atoms with Crippen LogP contribution in [0.5, 0.6) is 0 Å². The number of hydrogen-bond acceptors (Lipinski definition) is 8. The lowest BCUT2D eigenvalue weighted by molar-refractivity contribution is 0.0835. The van der Waals surface area contributed by atoms with Crippen molar-refractivity contribution >= 4 is 5.82 Å². The summed E-state index contributed by atoms with van der Waals surface area (Å²) >= 11 is 0. The predicted molar refractivity (Wildman–Crippen MR) is 81.9 cm³/mol. The monoisotopic (exact) mass is 316 g/mol. The van der Waals surface area contributed by atoms with Crippen LogP contribution in [-0.4, -0.2) is 39.8 Å². The van der Waals surface area contributed by atoms with Crippen molar-refractivity contribution in [2.75, 3.05) is 25.0 Å². The van der Waals surface area contributed by atoms with Gasteiger partial charge in [0.25, 0.3) is 5.89 Å². The minimum absolute atomic E-state index is 0.0438. The van der Waals surface area contributed by atoms with Crippen LogP contribution in [-0.2, 0) is 24.1 Å². The fraction of sp³-hybridized carbons (Fsp3) is 0.600. The van der Waals surface area contributed by atoms with E-state index in [0.29, 0.717) is 18.3 Å². The first-order chi connectivity index (χ1) is 11.4. The van der Waals surface area contributed by atoms with E-state index in [1.165, 1.54) is 5.56 Å². The molecular weight excluding hydrogens is 296 g/mol. The molecule has 1 atom stereocenters. The van der Waals surface area contributed by atoms with Crippen LogP contribution >= 0.6 is 0 Å². The van der Waals surface area contributed by atoms with E-state index in [1.807, 2.05) is 0 Å². The maximum atomic E-state index is 5.56. The molecule has 23 heavy (non-hydrogen) atoms. The molecule has 1 saturated heterocycles. The predicted octanol–water partition coefficient (Wildman–Crippen LogP) is 1.01. The van der Waals surface area contributed by atoms with E-state index in [-0.39, 0.29) is 6.10 Å². The third-order valence-electron chi connectivity index (χ3n) is 4.23. The number of nitrogens with zero attached hydrogens (tertiary/aromatic N) is 4. The highest BCUT2D eigenvalue weighted by atomic mass is 16.5. The minimum Gasteiger partial charge on any atom is -0.368 e. The zero-order valence-corrected chi connectivity index (χ0v) is 12.9. The van der Waals surface area contributed by atoms with Crippen molar-refractivity contribution < 1.29 is 9.26 Å². The molecule has 8 heteroatoms. The lowest BCUT2D eigenvalue weighted by atomic mass is 10.1. The summed E-state index contributed by atoms with van der Waals surface area (Å²) in [4.78, 5) is 13.2. The highest BCUT2D eigenvalue weighted by Crippen LogP contribution is 2.27. The number of hydrogen-bond donors (Lipinski definition) is 2. The number of nitrogens with one attached hydrogen (secondary N) is 2. The van der Waals surface area contributed by atoms with Crippen molar-refractivity contribution in [3.8, 4) is 0 Å². The lowest BCUT2D eigenvalue weighted by Crippen LogP contribution is -2.16. The summed E-state index contributed by atoms with van der Waals surface area (Å²) in [5.41, 5.74) is 2.29. The zero-order valence-electron chi connectivity index (χ0n) is 12.9. The SMILES string of the molecule is c1nc2c(c(NCc3noc([C@@H]4CCCO4)n3)n1)CCNCC2. The molecule has 4 heterocycles. The molecule has 0 radical (unpaired) electrons. The Morgan fingerprint density at radius 2 is 2.22 bits per heavy atom. The van der Waals surface area contributed by atoms with E-state index >= 15 is 0 Å². The summed E-state index contributed by atoms with van der Waals surface area (Å²) in [6.45, 7) is 3.15. The van der Waals surface area contributed by atoms with Gasteiger partial charge in [-0.25, -0.2) is 9.97 Å². The van der Waals surface area contributed by atoms with Crippen molar-refractivity contribution in [1.82, 2.24) is 25.4 Å². The Bertz CT molecular complexity index is 668. The smallest absolute Gasteiger partial charge is 0.255 e. The van der Waals surface area contributed by atoms with Crippen LogP contribution in [0.15, 0.2) is 10.9 Å². The molecule has 2 aromatic rings. The molecular formula is C15H20N6O2. The van der Waals surface area contributed by atoms with Crippen LogP contribution < -0.4 is 10.6 Å². The summed E-state index contributed by atoms with van der Waals surface area (Å²) in [7, 11) is 0. The first-order valence-electron chi connectivity index (χ1n) is 8.11. The van der Waals surface area contributed by atoms with Gasteiger partial charge >= 0.3 is 0 Å². The third-order valence-corrected chi connectivity index (χ3v) is 4.23. The van der Waals surface area contributed by atoms with Crippen LogP contribution in [0.2, 0.25) is 0 Å². The van der Waals surface area contributed by atoms with Gasteiger partial charge < -0.3 is 19.9 Å². The Morgan fingerprint density at radius 3 is 3.13 bits per heavy atom. The molecule has 8 nitrogen and oxygen atoms in total. The molecule has 1 fully saturated rings. The van der Waals surface area contributed by atoms with Gasteiger partial charge in [-0.3, -0.25) is 0 Å². The Hall–Kier alpha value is -2.06. The van der Waals surface area contributed by atoms with Gasteiger partial charge in [-0.1, -0.05) is 5.16 Å². The second-order valence-corrected chi connectivity index (χ2v) is 5.80. The number of aromatic nitrogens is 4. The standard InChI is InChI=1S/C15H20N6O2/c1-2-12(22-7-1)15-20-13(21-23-15)8-17-14-10-3-5-16-6-4-11(10)18-9-19-14/h9,12,16H,1-8H2,(H,17,18,19)/t12-/m0/s1. The van der Waals surface area contributed by atoms with E-state index < -0.39 is 0 Å². The number of ether oxygens (including phenoxy) is 1. The van der Waals surface area contributed by atoms with Gasteiger partial charge in [-0.15, -0.1) is 0 Å². The molecule has 0 spiro atoms. The number of anilines is 1. The van der Waals surface area contributed by atoms with Crippen LogP contribution in [0.4, 0.5) is 5.82 Å². The Balaban J connectivity index is 1.45. The number of rotatable bonds is 4.